The van der Waals surface area contributed by atoms with Gasteiger partial charge in [0.25, 0.3) is 0 Å². The minimum Gasteiger partial charge on any atom is -0.834 e. The summed E-state index contributed by atoms with van der Waals surface area (Å²) in [5.41, 5.74) is 0. The molecule has 11 heteroatoms. The van der Waals surface area contributed by atoms with Gasteiger partial charge in [0.1, 0.15) is 6.10 Å². The van der Waals surface area contributed by atoms with Crippen molar-refractivity contribution in [2.75, 3.05) is 13.9 Å². The normalized spacial score (nSPS) is 45.1. The van der Waals surface area contributed by atoms with Crippen LogP contribution in [0.25, 0.3) is 0 Å². The lowest BCUT2D eigenvalue weighted by molar-refractivity contribution is -0.468. The zero-order valence-electron chi connectivity index (χ0n) is 17.1. The monoisotopic (exact) mass is 425 g/mol. The predicted molar refractivity (Wildman–Crippen MR) is 94.4 cm³/mol. The topological polar surface area (TPSA) is 138 Å². The maximum atomic E-state index is 11.2. The van der Waals surface area contributed by atoms with Crippen molar-refractivity contribution in [3.05, 3.63) is 0 Å². The van der Waals surface area contributed by atoms with Gasteiger partial charge < -0.3 is 33.3 Å². The Morgan fingerprint density at radius 1 is 0.929 bits per heavy atom. The van der Waals surface area contributed by atoms with Crippen LogP contribution in [0.1, 0.15) is 34.6 Å². The van der Waals surface area contributed by atoms with E-state index in [1.54, 1.807) is 13.8 Å². The van der Waals surface area contributed by atoms with Crippen molar-refractivity contribution in [2.45, 2.75) is 77.7 Å². The highest BCUT2D eigenvalue weighted by atomic mass is 32.2. The van der Waals surface area contributed by atoms with Crippen molar-refractivity contribution >= 4 is 10.3 Å². The third-order valence-corrected chi connectivity index (χ3v) is 6.43. The molecule has 0 bridgehead atoms. The first-order chi connectivity index (χ1) is 13.0. The molecule has 0 saturated carbocycles. The molecule has 0 amide bonds. The highest BCUT2D eigenvalue weighted by molar-refractivity contribution is 7.83. The molecule has 0 aliphatic carbocycles. The molecule has 0 aromatic heterocycles. The Morgan fingerprint density at radius 2 is 1.57 bits per heavy atom. The van der Waals surface area contributed by atoms with Crippen LogP contribution in [0.15, 0.2) is 0 Å². The maximum absolute atomic E-state index is 11.2. The molecule has 2 saturated heterocycles. The van der Waals surface area contributed by atoms with E-state index in [9.17, 15) is 18.1 Å². The molecule has 2 aliphatic heterocycles. The lowest BCUT2D eigenvalue weighted by atomic mass is 9.85. The van der Waals surface area contributed by atoms with E-state index in [-0.39, 0.29) is 23.9 Å². The third-order valence-electron chi connectivity index (χ3n) is 5.87. The zero-order chi connectivity index (χ0) is 21.2. The molecule has 0 aromatic carbocycles. The number of ether oxygens (including phenoxy) is 5. The fraction of sp³-hybridized carbons (Fsp3) is 1.00. The smallest absolute Gasteiger partial charge is 0.185 e. The predicted octanol–water partition coefficient (Wildman–Crippen LogP) is -0.463. The number of methoxy groups -OCH3 is 1. The van der Waals surface area contributed by atoms with Crippen LogP contribution in [0.2, 0.25) is 0 Å². The molecule has 2 heterocycles. The molecule has 2 aliphatic rings. The van der Waals surface area contributed by atoms with E-state index in [1.165, 1.54) is 7.11 Å². The summed E-state index contributed by atoms with van der Waals surface area (Å²) in [6.07, 6.45) is -3.39. The lowest BCUT2D eigenvalue weighted by Crippen LogP contribution is -2.61. The van der Waals surface area contributed by atoms with Crippen LogP contribution in [0.3, 0.4) is 0 Å². The van der Waals surface area contributed by atoms with Gasteiger partial charge in [0.05, 0.1) is 24.4 Å². The van der Waals surface area contributed by atoms with E-state index in [2.05, 4.69) is 4.72 Å². The Balaban J connectivity index is 2.17. The summed E-state index contributed by atoms with van der Waals surface area (Å²) >= 11 is 0. The first-order valence-electron chi connectivity index (χ1n) is 9.42. The molecule has 28 heavy (non-hydrogen) atoms. The van der Waals surface area contributed by atoms with E-state index in [0.717, 1.165) is 0 Å². The number of nitrogens with one attached hydrogen (secondary N) is 1. The van der Waals surface area contributed by atoms with Crippen molar-refractivity contribution < 1.29 is 41.8 Å². The Labute approximate surface area is 166 Å². The number of hydrogen-bond acceptors (Lipinski definition) is 9. The molecule has 2 fully saturated rings. The summed E-state index contributed by atoms with van der Waals surface area (Å²) in [6, 6.07) is -0.736. The van der Waals surface area contributed by atoms with Crippen LogP contribution < -0.4 is 9.83 Å². The Kier molecular flexibility index (Phi) is 8.22. The fourth-order valence-electron chi connectivity index (χ4n) is 4.13. The molecule has 0 radical (unpaired) electrons. The van der Waals surface area contributed by atoms with Crippen molar-refractivity contribution in [3.8, 4) is 0 Å². The van der Waals surface area contributed by atoms with E-state index in [0.29, 0.717) is 0 Å². The quantitative estimate of drug-likeness (QED) is 0.424. The van der Waals surface area contributed by atoms with Gasteiger partial charge in [-0.3, -0.25) is 0 Å². The second kappa shape index (κ2) is 9.63. The first kappa shape index (κ1) is 23.9. The summed E-state index contributed by atoms with van der Waals surface area (Å²) in [5.74, 6) is -0.470. The van der Waals surface area contributed by atoms with Crippen LogP contribution in [0.5, 0.6) is 0 Å². The molecule has 1 N–H and O–H groups in total. The lowest BCUT2D eigenvalue weighted by Gasteiger charge is -2.49. The van der Waals surface area contributed by atoms with E-state index >= 15 is 0 Å². The van der Waals surface area contributed by atoms with Gasteiger partial charge in [-0.15, -0.1) is 0 Å². The molecule has 10 unspecified atom stereocenters. The van der Waals surface area contributed by atoms with Crippen LogP contribution in [0.4, 0.5) is 0 Å². The summed E-state index contributed by atoms with van der Waals surface area (Å²) in [7, 11) is -3.12. The van der Waals surface area contributed by atoms with Gasteiger partial charge in [-0.05, 0) is 26.6 Å². The summed E-state index contributed by atoms with van der Waals surface area (Å²) < 4.78 is 64.1. The van der Waals surface area contributed by atoms with Gasteiger partial charge in [0, 0.05) is 18.9 Å². The Morgan fingerprint density at radius 3 is 2.11 bits per heavy atom. The van der Waals surface area contributed by atoms with Gasteiger partial charge in [0.15, 0.2) is 22.9 Å². The average molecular weight is 426 g/mol. The molecular weight excluding hydrogens is 394 g/mol. The van der Waals surface area contributed by atoms with Crippen LogP contribution in [-0.2, 0) is 34.0 Å². The van der Waals surface area contributed by atoms with Crippen molar-refractivity contribution in [1.82, 2.24) is 4.72 Å². The number of rotatable bonds is 7. The fourth-order valence-corrected chi connectivity index (χ4v) is 4.87. The Hall–Kier alpha value is -0.370. The summed E-state index contributed by atoms with van der Waals surface area (Å²) in [4.78, 5) is 0. The highest BCUT2D eigenvalue weighted by Gasteiger charge is 2.47. The molecule has 166 valence electrons. The molecule has 10 atom stereocenters. The largest absolute Gasteiger partial charge is 0.834 e. The second-order valence-corrected chi connectivity index (χ2v) is 8.82. The van der Waals surface area contributed by atoms with Crippen LogP contribution in [0, 0.1) is 17.8 Å². The molecule has 0 spiro atoms. The van der Waals surface area contributed by atoms with Gasteiger partial charge in [-0.25, -0.2) is 13.1 Å². The highest BCUT2D eigenvalue weighted by Crippen LogP contribution is 2.37. The van der Waals surface area contributed by atoms with Crippen molar-refractivity contribution in [3.63, 3.8) is 0 Å². The van der Waals surface area contributed by atoms with Gasteiger partial charge in [-0.2, -0.15) is 0 Å². The number of hydrogen-bond donors (Lipinski definition) is 1. The Bertz CT molecular complexity index is 603. The molecule has 10 nitrogen and oxygen atoms in total. The van der Waals surface area contributed by atoms with Crippen LogP contribution in [-0.4, -0.2) is 69.9 Å². The van der Waals surface area contributed by atoms with E-state index in [1.807, 2.05) is 20.8 Å². The standard InChI is InChI=1S/C17H32NO9S/c1-8-9(2)16(27-17(24-7-19)15(8)23-6)26-14-10(3)13(18-28(20,21)22)11(4)25-12(14)5/h8-18H,7H2,1-6H3,(H,20,21,22)/q-1/p-1. The van der Waals surface area contributed by atoms with Gasteiger partial charge >= 0.3 is 0 Å². The zero-order valence-corrected chi connectivity index (χ0v) is 17.9. The van der Waals surface area contributed by atoms with Gasteiger partial charge in [-0.1, -0.05) is 20.8 Å². The molecular formula is C17H31NO9S-2. The molecule has 0 aromatic rings. The van der Waals surface area contributed by atoms with Crippen molar-refractivity contribution in [1.29, 1.82) is 0 Å². The average Bonchev–Trinajstić information content (AvgIpc) is 2.59. The summed E-state index contributed by atoms with van der Waals surface area (Å²) in [5, 5.41) is 10.9. The van der Waals surface area contributed by atoms with E-state index in [4.69, 9.17) is 23.7 Å². The minimum atomic E-state index is -4.65. The van der Waals surface area contributed by atoms with Crippen LogP contribution >= 0.6 is 0 Å². The summed E-state index contributed by atoms with van der Waals surface area (Å²) in [6.45, 7) is 8.44. The van der Waals surface area contributed by atoms with E-state index < -0.39 is 54.0 Å². The van der Waals surface area contributed by atoms with Gasteiger partial charge in [0.2, 0.25) is 0 Å². The van der Waals surface area contributed by atoms with Crippen molar-refractivity contribution in [2.24, 2.45) is 17.8 Å². The SMILES string of the molecule is COC1C(OC[O-])OC(OC2C(C)OC(C)C(NS(=O)(=O)[O-])C2C)C(C)C1C. The third kappa shape index (κ3) is 5.41. The maximum Gasteiger partial charge on any atom is 0.185 e. The minimum absolute atomic E-state index is 0.0229. The molecule has 2 rings (SSSR count). The first-order valence-corrected chi connectivity index (χ1v) is 10.8. The second-order valence-electron chi connectivity index (χ2n) is 7.68.